The molecule has 124 valence electrons. The van der Waals surface area contributed by atoms with E-state index in [-0.39, 0.29) is 11.2 Å². The lowest BCUT2D eigenvalue weighted by Crippen LogP contribution is -2.16. The number of ketones is 1. The fourth-order valence-electron chi connectivity index (χ4n) is 2.56. The molecule has 0 radical (unpaired) electrons. The molecule has 1 aromatic carbocycles. The molecule has 0 unspecified atom stereocenters. The van der Waals surface area contributed by atoms with Crippen LogP contribution >= 0.6 is 15.9 Å². The Morgan fingerprint density at radius 3 is 2.54 bits per heavy atom. The van der Waals surface area contributed by atoms with E-state index in [0.717, 1.165) is 33.2 Å². The molecule has 3 rings (SSSR count). The Balaban J connectivity index is 2.05. The van der Waals surface area contributed by atoms with Crippen LogP contribution in [0.1, 0.15) is 38.2 Å². The molecule has 0 saturated carbocycles. The number of halogens is 1. The lowest BCUT2D eigenvalue weighted by Gasteiger charge is -2.18. The van der Waals surface area contributed by atoms with Gasteiger partial charge < -0.3 is 0 Å². The van der Waals surface area contributed by atoms with Gasteiger partial charge in [0.2, 0.25) is 0 Å². The molecule has 0 aliphatic rings. The first kappa shape index (κ1) is 16.8. The first-order chi connectivity index (χ1) is 11.3. The molecule has 0 spiro atoms. The largest absolute Gasteiger partial charge is 0.293 e. The van der Waals surface area contributed by atoms with Crippen molar-refractivity contribution in [3.8, 4) is 11.1 Å². The molecule has 0 amide bonds. The third-order valence-electron chi connectivity index (χ3n) is 3.68. The summed E-state index contributed by atoms with van der Waals surface area (Å²) < 4.78 is 2.82. The highest BCUT2D eigenvalue weighted by molar-refractivity contribution is 9.10. The number of benzene rings is 1. The summed E-state index contributed by atoms with van der Waals surface area (Å²) in [6.07, 6.45) is 1.71. The van der Waals surface area contributed by atoms with Crippen molar-refractivity contribution in [2.24, 2.45) is 5.41 Å². The molecule has 2 aromatic heterocycles. The van der Waals surface area contributed by atoms with Gasteiger partial charge in [0.25, 0.3) is 0 Å². The summed E-state index contributed by atoms with van der Waals surface area (Å²) in [5.74, 6) is -0.0406. The van der Waals surface area contributed by atoms with Crippen molar-refractivity contribution in [2.75, 3.05) is 0 Å². The summed E-state index contributed by atoms with van der Waals surface area (Å²) in [6, 6.07) is 7.69. The summed E-state index contributed by atoms with van der Waals surface area (Å²) >= 11 is 3.65. The second kappa shape index (κ2) is 6.09. The number of aromatic nitrogens is 4. The molecule has 3 aromatic rings. The maximum atomic E-state index is 11.4. The molecule has 2 heterocycles. The van der Waals surface area contributed by atoms with E-state index in [4.69, 9.17) is 0 Å². The summed E-state index contributed by atoms with van der Waals surface area (Å²) in [6.45, 7) is 8.83. The zero-order chi connectivity index (χ0) is 17.5. The van der Waals surface area contributed by atoms with E-state index in [9.17, 15) is 4.79 Å². The van der Waals surface area contributed by atoms with Gasteiger partial charge in [-0.1, -0.05) is 38.1 Å². The zero-order valence-corrected chi connectivity index (χ0v) is 15.8. The summed E-state index contributed by atoms with van der Waals surface area (Å²) in [5.41, 5.74) is 4.32. The molecule has 0 saturated heterocycles. The Morgan fingerprint density at radius 2 is 1.96 bits per heavy atom. The van der Waals surface area contributed by atoms with Crippen LogP contribution in [0.5, 0.6) is 0 Å². The SMILES string of the molecule is CC(=O)c1ccc(-c2ccc3c(nnn3CC(C)(C)C)c2Br)cn1. The van der Waals surface area contributed by atoms with Crippen LogP contribution in [0.25, 0.3) is 22.2 Å². The maximum Gasteiger partial charge on any atom is 0.178 e. The maximum absolute atomic E-state index is 11.4. The second-order valence-corrected chi connectivity index (χ2v) is 7.88. The Kier molecular flexibility index (Phi) is 4.25. The molecule has 6 heteroatoms. The lowest BCUT2D eigenvalue weighted by atomic mass is 9.97. The Morgan fingerprint density at radius 1 is 1.21 bits per heavy atom. The number of pyridine rings is 1. The zero-order valence-electron chi connectivity index (χ0n) is 14.2. The van der Waals surface area contributed by atoms with Gasteiger partial charge in [0.1, 0.15) is 11.2 Å². The van der Waals surface area contributed by atoms with Crippen LogP contribution in [0, 0.1) is 5.41 Å². The van der Waals surface area contributed by atoms with Gasteiger partial charge in [0, 0.05) is 25.2 Å². The minimum atomic E-state index is -0.0406. The van der Waals surface area contributed by atoms with Crippen LogP contribution in [0.2, 0.25) is 0 Å². The van der Waals surface area contributed by atoms with Crippen molar-refractivity contribution < 1.29 is 4.79 Å². The summed E-state index contributed by atoms with van der Waals surface area (Å²) in [7, 11) is 0. The quantitative estimate of drug-likeness (QED) is 0.621. The first-order valence-corrected chi connectivity index (χ1v) is 8.54. The molecule has 0 atom stereocenters. The van der Waals surface area contributed by atoms with Crippen LogP contribution < -0.4 is 0 Å². The Labute approximate surface area is 149 Å². The highest BCUT2D eigenvalue weighted by Gasteiger charge is 2.17. The first-order valence-electron chi connectivity index (χ1n) is 7.75. The van der Waals surface area contributed by atoms with E-state index in [1.165, 1.54) is 6.92 Å². The monoisotopic (exact) mass is 386 g/mol. The van der Waals surface area contributed by atoms with Gasteiger partial charge in [0.05, 0.1) is 9.99 Å². The van der Waals surface area contributed by atoms with Crippen molar-refractivity contribution in [2.45, 2.75) is 34.2 Å². The Hall–Kier alpha value is -2.08. The minimum Gasteiger partial charge on any atom is -0.293 e. The van der Waals surface area contributed by atoms with Crippen molar-refractivity contribution in [3.05, 3.63) is 40.6 Å². The van der Waals surface area contributed by atoms with Gasteiger partial charge in [0.15, 0.2) is 5.78 Å². The van der Waals surface area contributed by atoms with Crippen molar-refractivity contribution in [3.63, 3.8) is 0 Å². The summed E-state index contributed by atoms with van der Waals surface area (Å²) in [4.78, 5) is 15.6. The molecule has 0 fully saturated rings. The predicted octanol–water partition coefficient (Wildman–Crippen LogP) is 4.50. The standard InChI is InChI=1S/C18H19BrN4O/c1-11(24)14-7-5-12(9-20-14)13-6-8-15-17(16(13)19)21-22-23(15)10-18(2,3)4/h5-9H,10H2,1-4H3. The van der Waals surface area contributed by atoms with Gasteiger partial charge in [-0.15, -0.1) is 5.10 Å². The van der Waals surface area contributed by atoms with Crippen molar-refractivity contribution >= 4 is 32.7 Å². The number of rotatable bonds is 3. The third-order valence-corrected chi connectivity index (χ3v) is 4.49. The van der Waals surface area contributed by atoms with E-state index in [2.05, 4.69) is 52.0 Å². The predicted molar refractivity (Wildman–Crippen MR) is 97.9 cm³/mol. The average Bonchev–Trinajstić information content (AvgIpc) is 2.90. The third kappa shape index (κ3) is 3.24. The van der Waals surface area contributed by atoms with Crippen LogP contribution in [-0.4, -0.2) is 25.8 Å². The fourth-order valence-corrected chi connectivity index (χ4v) is 3.20. The van der Waals surface area contributed by atoms with Crippen molar-refractivity contribution in [1.82, 2.24) is 20.0 Å². The number of fused-ring (bicyclic) bond motifs is 1. The molecule has 5 nitrogen and oxygen atoms in total. The van der Waals surface area contributed by atoms with Crippen LogP contribution in [0.15, 0.2) is 34.9 Å². The molecular weight excluding hydrogens is 368 g/mol. The van der Waals surface area contributed by atoms with Crippen molar-refractivity contribution in [1.29, 1.82) is 0 Å². The smallest absolute Gasteiger partial charge is 0.178 e. The van der Waals surface area contributed by atoms with E-state index in [1.54, 1.807) is 12.3 Å². The van der Waals surface area contributed by atoms with Crippen LogP contribution in [-0.2, 0) is 6.54 Å². The molecular formula is C18H19BrN4O. The highest BCUT2D eigenvalue weighted by Crippen LogP contribution is 2.34. The molecule has 0 aliphatic carbocycles. The molecule has 0 bridgehead atoms. The van der Waals surface area contributed by atoms with E-state index in [1.807, 2.05) is 22.9 Å². The van der Waals surface area contributed by atoms with Crippen LogP contribution in [0.4, 0.5) is 0 Å². The van der Waals surface area contributed by atoms with E-state index >= 15 is 0 Å². The van der Waals surface area contributed by atoms with Gasteiger partial charge in [-0.05, 0) is 39.0 Å². The van der Waals surface area contributed by atoms with Gasteiger partial charge in [-0.2, -0.15) is 0 Å². The topological polar surface area (TPSA) is 60.7 Å². The number of carbonyl (C=O) groups excluding carboxylic acids is 1. The van der Waals surface area contributed by atoms with Gasteiger partial charge in [-0.25, -0.2) is 4.68 Å². The number of Topliss-reactive ketones (excluding diaryl/α,β-unsaturated/α-hetero) is 1. The van der Waals surface area contributed by atoms with Gasteiger partial charge in [-0.3, -0.25) is 9.78 Å². The number of hydrogen-bond acceptors (Lipinski definition) is 4. The summed E-state index contributed by atoms with van der Waals surface area (Å²) in [5, 5.41) is 8.62. The second-order valence-electron chi connectivity index (χ2n) is 7.09. The fraction of sp³-hybridized carbons (Fsp3) is 0.333. The lowest BCUT2D eigenvalue weighted by molar-refractivity contribution is 0.101. The Bertz CT molecular complexity index is 907. The molecule has 24 heavy (non-hydrogen) atoms. The number of nitrogens with zero attached hydrogens (tertiary/aromatic N) is 4. The average molecular weight is 387 g/mol. The highest BCUT2D eigenvalue weighted by atomic mass is 79.9. The van der Waals surface area contributed by atoms with E-state index in [0.29, 0.717) is 5.69 Å². The number of hydrogen-bond donors (Lipinski definition) is 0. The normalized spacial score (nSPS) is 11.9. The molecule has 0 N–H and O–H groups in total. The van der Waals surface area contributed by atoms with Gasteiger partial charge >= 0.3 is 0 Å². The number of carbonyl (C=O) groups is 1. The molecule has 0 aliphatic heterocycles. The minimum absolute atomic E-state index is 0.0406. The van der Waals surface area contributed by atoms with E-state index < -0.39 is 0 Å². The van der Waals surface area contributed by atoms with Crippen LogP contribution in [0.3, 0.4) is 0 Å².